The average molecular weight is 416 g/mol. The second-order valence-corrected chi connectivity index (χ2v) is 7.15. The number of aromatic hydroxyl groups is 2. The van der Waals surface area contributed by atoms with Gasteiger partial charge in [-0.3, -0.25) is 0 Å². The van der Waals surface area contributed by atoms with Gasteiger partial charge in [-0.1, -0.05) is 60.1 Å². The zero-order valence-electron chi connectivity index (χ0n) is 17.1. The van der Waals surface area contributed by atoms with Gasteiger partial charge in [0.25, 0.3) is 0 Å². The summed E-state index contributed by atoms with van der Waals surface area (Å²) in [5, 5.41) is 20.8. The summed E-state index contributed by atoms with van der Waals surface area (Å²) in [6.07, 6.45) is 0. The van der Waals surface area contributed by atoms with Crippen LogP contribution in [0, 0.1) is 23.7 Å². The van der Waals surface area contributed by atoms with E-state index in [0.717, 1.165) is 11.1 Å². The van der Waals surface area contributed by atoms with Crippen molar-refractivity contribution in [2.24, 2.45) is 0 Å². The third-order valence-corrected chi connectivity index (χ3v) is 4.88. The molecule has 0 fully saturated rings. The largest absolute Gasteiger partial charge is 0.506 e. The van der Waals surface area contributed by atoms with Crippen molar-refractivity contribution in [3.8, 4) is 46.3 Å². The molecule has 0 saturated heterocycles. The van der Waals surface area contributed by atoms with Gasteiger partial charge < -0.3 is 21.7 Å². The van der Waals surface area contributed by atoms with Gasteiger partial charge in [0, 0.05) is 11.1 Å². The summed E-state index contributed by atoms with van der Waals surface area (Å²) in [5.41, 5.74) is 16.4. The summed E-state index contributed by atoms with van der Waals surface area (Å²) < 4.78 is 0. The van der Waals surface area contributed by atoms with Crippen LogP contribution in [0.15, 0.2) is 84.9 Å². The molecule has 0 aliphatic carbocycles. The Morgan fingerprint density at radius 1 is 0.500 bits per heavy atom. The maximum atomic E-state index is 10.4. The third-order valence-electron chi connectivity index (χ3n) is 4.88. The molecule has 0 bridgehead atoms. The van der Waals surface area contributed by atoms with Crippen LogP contribution in [0.3, 0.4) is 0 Å². The first-order valence-electron chi connectivity index (χ1n) is 9.91. The van der Waals surface area contributed by atoms with E-state index in [1.54, 1.807) is 12.1 Å². The summed E-state index contributed by atoms with van der Waals surface area (Å²) in [6.45, 7) is 0. The highest BCUT2D eigenvalue weighted by molar-refractivity contribution is 5.80. The molecule has 4 nitrogen and oxygen atoms in total. The minimum Gasteiger partial charge on any atom is -0.506 e. The molecule has 32 heavy (non-hydrogen) atoms. The lowest BCUT2D eigenvalue weighted by Crippen LogP contribution is -1.95. The molecule has 0 aromatic heterocycles. The van der Waals surface area contributed by atoms with Gasteiger partial charge in [0.05, 0.1) is 22.5 Å². The fourth-order valence-corrected chi connectivity index (χ4v) is 3.14. The average Bonchev–Trinajstić information content (AvgIpc) is 2.82. The topological polar surface area (TPSA) is 92.5 Å². The van der Waals surface area contributed by atoms with E-state index in [-0.39, 0.29) is 22.9 Å². The Balaban J connectivity index is 1.77. The molecule has 4 aromatic rings. The first kappa shape index (κ1) is 20.5. The van der Waals surface area contributed by atoms with Gasteiger partial charge >= 0.3 is 0 Å². The van der Waals surface area contributed by atoms with E-state index >= 15 is 0 Å². The quantitative estimate of drug-likeness (QED) is 0.205. The van der Waals surface area contributed by atoms with Crippen LogP contribution in [-0.2, 0) is 0 Å². The number of rotatable bonds is 1. The zero-order chi connectivity index (χ0) is 22.5. The monoisotopic (exact) mass is 416 g/mol. The first-order chi connectivity index (χ1) is 15.5. The number of benzene rings is 4. The predicted molar refractivity (Wildman–Crippen MR) is 129 cm³/mol. The number of phenolic OH excluding ortho intramolecular Hbond substituents is 2. The Morgan fingerprint density at radius 3 is 1.25 bits per heavy atom. The normalized spacial score (nSPS) is 9.88. The number of hydrogen-bond acceptors (Lipinski definition) is 4. The van der Waals surface area contributed by atoms with Crippen molar-refractivity contribution < 1.29 is 10.2 Å². The molecule has 6 N–H and O–H groups in total. The molecular weight excluding hydrogens is 396 g/mol. The molecule has 0 aliphatic heterocycles. The number of anilines is 2. The second-order valence-electron chi connectivity index (χ2n) is 7.15. The van der Waals surface area contributed by atoms with Crippen molar-refractivity contribution >= 4 is 11.4 Å². The molecule has 0 amide bonds. The summed E-state index contributed by atoms with van der Waals surface area (Å²) in [5.74, 6) is 11.9. The second kappa shape index (κ2) is 8.92. The zero-order valence-corrected chi connectivity index (χ0v) is 17.1. The van der Waals surface area contributed by atoms with Gasteiger partial charge in [-0.05, 0) is 59.7 Å². The number of nitrogens with two attached hydrogens (primary N) is 2. The molecule has 4 rings (SSSR count). The molecule has 0 spiro atoms. The molecule has 0 unspecified atom stereocenters. The van der Waals surface area contributed by atoms with Crippen LogP contribution >= 0.6 is 0 Å². The van der Waals surface area contributed by atoms with E-state index in [4.69, 9.17) is 11.5 Å². The minimum atomic E-state index is -0.0897. The highest BCUT2D eigenvalue weighted by Gasteiger charge is 2.12. The first-order valence-corrected chi connectivity index (χ1v) is 9.91. The van der Waals surface area contributed by atoms with Gasteiger partial charge in [-0.15, -0.1) is 0 Å². The van der Waals surface area contributed by atoms with Gasteiger partial charge in [0.1, 0.15) is 11.5 Å². The van der Waals surface area contributed by atoms with Crippen molar-refractivity contribution in [2.45, 2.75) is 0 Å². The highest BCUT2D eigenvalue weighted by atomic mass is 16.3. The maximum absolute atomic E-state index is 10.4. The van der Waals surface area contributed by atoms with E-state index in [9.17, 15) is 10.2 Å². The summed E-state index contributed by atoms with van der Waals surface area (Å²) in [4.78, 5) is 0. The van der Waals surface area contributed by atoms with E-state index in [1.165, 1.54) is 12.1 Å². The van der Waals surface area contributed by atoms with Gasteiger partial charge in [0.15, 0.2) is 0 Å². The van der Waals surface area contributed by atoms with E-state index in [0.29, 0.717) is 22.3 Å². The van der Waals surface area contributed by atoms with E-state index in [1.807, 2.05) is 60.7 Å². The van der Waals surface area contributed by atoms with Crippen LogP contribution in [0.5, 0.6) is 11.5 Å². The van der Waals surface area contributed by atoms with Crippen LogP contribution in [0.2, 0.25) is 0 Å². The van der Waals surface area contributed by atoms with Crippen LogP contribution in [-0.4, -0.2) is 10.2 Å². The van der Waals surface area contributed by atoms with Crippen molar-refractivity contribution in [2.75, 3.05) is 11.5 Å². The fraction of sp³-hybridized carbons (Fsp3) is 0. The lowest BCUT2D eigenvalue weighted by Gasteiger charge is -2.10. The van der Waals surface area contributed by atoms with Crippen molar-refractivity contribution in [3.63, 3.8) is 0 Å². The standard InChI is InChI=1S/C28H20N2O2/c29-27-21(13-11-19-7-3-1-4-8-19)15-23(17-25(27)31)24-16-22(28(30)26(32)18-24)14-12-20-9-5-2-6-10-20/h1-10,15-18,31-32H,29-30H2. The number of hydrogen-bond donors (Lipinski definition) is 4. The summed E-state index contributed by atoms with van der Waals surface area (Å²) >= 11 is 0. The Bertz CT molecular complexity index is 1290. The van der Waals surface area contributed by atoms with Crippen LogP contribution in [0.25, 0.3) is 11.1 Å². The molecule has 0 heterocycles. The molecule has 4 aromatic carbocycles. The Hall–Kier alpha value is -4.80. The molecule has 0 aliphatic rings. The van der Waals surface area contributed by atoms with Gasteiger partial charge in [0.2, 0.25) is 0 Å². The Morgan fingerprint density at radius 2 is 0.875 bits per heavy atom. The number of nitrogen functional groups attached to an aromatic ring is 2. The third kappa shape index (κ3) is 4.51. The van der Waals surface area contributed by atoms with Crippen molar-refractivity contribution in [1.82, 2.24) is 0 Å². The van der Waals surface area contributed by atoms with E-state index in [2.05, 4.69) is 23.7 Å². The molecule has 0 atom stereocenters. The van der Waals surface area contributed by atoms with Crippen LogP contribution < -0.4 is 11.5 Å². The van der Waals surface area contributed by atoms with Crippen molar-refractivity contribution in [3.05, 3.63) is 107 Å². The summed E-state index contributed by atoms with van der Waals surface area (Å²) in [6, 6.07) is 25.6. The van der Waals surface area contributed by atoms with Crippen LogP contribution in [0.1, 0.15) is 22.3 Å². The van der Waals surface area contributed by atoms with Crippen LogP contribution in [0.4, 0.5) is 11.4 Å². The lowest BCUT2D eigenvalue weighted by molar-refractivity contribution is 0.476. The molecule has 4 heteroatoms. The maximum Gasteiger partial charge on any atom is 0.140 e. The molecular formula is C28H20N2O2. The predicted octanol–water partition coefficient (Wildman–Crippen LogP) is 4.73. The highest BCUT2D eigenvalue weighted by Crippen LogP contribution is 2.35. The minimum absolute atomic E-state index is 0.0897. The summed E-state index contributed by atoms with van der Waals surface area (Å²) in [7, 11) is 0. The van der Waals surface area contributed by atoms with E-state index < -0.39 is 0 Å². The Labute approximate surface area is 186 Å². The van der Waals surface area contributed by atoms with Gasteiger partial charge in [-0.25, -0.2) is 0 Å². The van der Waals surface area contributed by atoms with Crippen molar-refractivity contribution in [1.29, 1.82) is 0 Å². The smallest absolute Gasteiger partial charge is 0.140 e. The fourth-order valence-electron chi connectivity index (χ4n) is 3.14. The lowest BCUT2D eigenvalue weighted by atomic mass is 9.98. The SMILES string of the molecule is Nc1c(O)cc(-c2cc(O)c(N)c(C#Cc3ccccc3)c2)cc1C#Cc1ccccc1. The number of phenols is 2. The molecule has 0 radical (unpaired) electrons. The Kier molecular flexibility index (Phi) is 5.70. The molecule has 0 saturated carbocycles. The van der Waals surface area contributed by atoms with Gasteiger partial charge in [-0.2, -0.15) is 0 Å². The molecule has 154 valence electrons.